The van der Waals surface area contributed by atoms with E-state index in [1.807, 2.05) is 0 Å². The van der Waals surface area contributed by atoms with Crippen LogP contribution in [0.5, 0.6) is 0 Å². The maximum Gasteiger partial charge on any atom is 0.0284 e. The second-order valence-corrected chi connectivity index (χ2v) is 5.33. The SMILES string of the molecule is CCC1CCCCN1C1=CCC(C)CC1. The van der Waals surface area contributed by atoms with Crippen molar-refractivity contribution in [1.82, 2.24) is 4.90 Å². The molecule has 1 aliphatic carbocycles. The number of nitrogens with zero attached hydrogens (tertiary/aromatic N) is 1. The summed E-state index contributed by atoms with van der Waals surface area (Å²) in [6.07, 6.45) is 12.2. The van der Waals surface area contributed by atoms with Crippen LogP contribution in [0.25, 0.3) is 0 Å². The van der Waals surface area contributed by atoms with Gasteiger partial charge in [0.15, 0.2) is 0 Å². The molecule has 0 spiro atoms. The van der Waals surface area contributed by atoms with Crippen LogP contribution in [-0.4, -0.2) is 17.5 Å². The van der Waals surface area contributed by atoms with Crippen molar-refractivity contribution in [2.45, 2.75) is 64.8 Å². The van der Waals surface area contributed by atoms with Crippen molar-refractivity contribution < 1.29 is 0 Å². The van der Waals surface area contributed by atoms with Gasteiger partial charge in [0.2, 0.25) is 0 Å². The molecular weight excluding hydrogens is 182 g/mol. The highest BCUT2D eigenvalue weighted by atomic mass is 15.2. The number of likely N-dealkylation sites (tertiary alicyclic amines) is 1. The van der Waals surface area contributed by atoms with Gasteiger partial charge in [0, 0.05) is 18.3 Å². The van der Waals surface area contributed by atoms with E-state index >= 15 is 0 Å². The van der Waals surface area contributed by atoms with Crippen LogP contribution >= 0.6 is 0 Å². The maximum absolute atomic E-state index is 2.72. The third kappa shape index (κ3) is 2.56. The van der Waals surface area contributed by atoms with Crippen LogP contribution in [0, 0.1) is 5.92 Å². The molecule has 2 aliphatic rings. The Kier molecular flexibility index (Phi) is 3.71. The third-order valence-corrected chi connectivity index (χ3v) is 4.12. The van der Waals surface area contributed by atoms with Gasteiger partial charge in [-0.1, -0.05) is 19.9 Å². The number of allylic oxidation sites excluding steroid dienone is 2. The summed E-state index contributed by atoms with van der Waals surface area (Å²) in [5.41, 5.74) is 1.67. The van der Waals surface area contributed by atoms with E-state index in [0.717, 1.165) is 12.0 Å². The van der Waals surface area contributed by atoms with E-state index in [2.05, 4.69) is 24.8 Å². The van der Waals surface area contributed by atoms with Crippen LogP contribution in [0.15, 0.2) is 11.8 Å². The molecule has 1 heterocycles. The fourth-order valence-electron chi connectivity index (χ4n) is 3.02. The highest BCUT2D eigenvalue weighted by molar-refractivity contribution is 5.07. The Bertz CT molecular complexity index is 231. The van der Waals surface area contributed by atoms with Crippen molar-refractivity contribution in [2.24, 2.45) is 5.92 Å². The molecule has 1 nitrogen and oxygen atoms in total. The number of hydrogen-bond acceptors (Lipinski definition) is 1. The Hall–Kier alpha value is -0.460. The molecule has 0 N–H and O–H groups in total. The first-order valence-electron chi connectivity index (χ1n) is 6.77. The third-order valence-electron chi connectivity index (χ3n) is 4.12. The van der Waals surface area contributed by atoms with Gasteiger partial charge in [0.25, 0.3) is 0 Å². The highest BCUT2D eigenvalue weighted by Gasteiger charge is 2.24. The van der Waals surface area contributed by atoms with E-state index in [9.17, 15) is 0 Å². The van der Waals surface area contributed by atoms with Crippen molar-refractivity contribution >= 4 is 0 Å². The molecule has 86 valence electrons. The van der Waals surface area contributed by atoms with Crippen LogP contribution in [0.4, 0.5) is 0 Å². The van der Waals surface area contributed by atoms with Gasteiger partial charge in [-0.2, -0.15) is 0 Å². The molecule has 1 fully saturated rings. The molecule has 0 aromatic carbocycles. The topological polar surface area (TPSA) is 3.24 Å². The molecule has 0 aromatic heterocycles. The Morgan fingerprint density at radius 3 is 2.87 bits per heavy atom. The van der Waals surface area contributed by atoms with Crippen LogP contribution in [-0.2, 0) is 0 Å². The molecule has 2 rings (SSSR count). The molecule has 1 saturated heterocycles. The Labute approximate surface area is 94.5 Å². The summed E-state index contributed by atoms with van der Waals surface area (Å²) in [6, 6.07) is 0.846. The van der Waals surface area contributed by atoms with Crippen LogP contribution in [0.2, 0.25) is 0 Å². The van der Waals surface area contributed by atoms with Gasteiger partial charge in [-0.3, -0.25) is 0 Å². The molecule has 2 unspecified atom stereocenters. The minimum absolute atomic E-state index is 0.846. The summed E-state index contributed by atoms with van der Waals surface area (Å²) in [5, 5.41) is 0. The monoisotopic (exact) mass is 207 g/mol. The summed E-state index contributed by atoms with van der Waals surface area (Å²) >= 11 is 0. The van der Waals surface area contributed by atoms with Crippen molar-refractivity contribution in [3.8, 4) is 0 Å². The maximum atomic E-state index is 2.72. The van der Waals surface area contributed by atoms with Crippen molar-refractivity contribution in [3.63, 3.8) is 0 Å². The normalized spacial score (nSPS) is 32.7. The molecule has 0 amide bonds. The van der Waals surface area contributed by atoms with Crippen molar-refractivity contribution in [1.29, 1.82) is 0 Å². The van der Waals surface area contributed by atoms with E-state index in [0.29, 0.717) is 0 Å². The lowest BCUT2D eigenvalue weighted by atomic mass is 9.91. The molecule has 0 bridgehead atoms. The van der Waals surface area contributed by atoms with E-state index in [1.54, 1.807) is 5.70 Å². The molecular formula is C14H25N. The Balaban J connectivity index is 2.01. The zero-order valence-corrected chi connectivity index (χ0v) is 10.3. The van der Waals surface area contributed by atoms with Crippen molar-refractivity contribution in [3.05, 3.63) is 11.8 Å². The summed E-state index contributed by atoms with van der Waals surface area (Å²) < 4.78 is 0. The second kappa shape index (κ2) is 5.05. The standard InChI is InChI=1S/C14H25N/c1-3-13-6-4-5-11-15(13)14-9-7-12(2)8-10-14/h9,12-13H,3-8,10-11H2,1-2H3. The first-order chi connectivity index (χ1) is 7.31. The lowest BCUT2D eigenvalue weighted by Gasteiger charge is -2.40. The fraction of sp³-hybridized carbons (Fsp3) is 0.857. The van der Waals surface area contributed by atoms with Gasteiger partial charge in [0.05, 0.1) is 0 Å². The van der Waals surface area contributed by atoms with E-state index < -0.39 is 0 Å². The van der Waals surface area contributed by atoms with Gasteiger partial charge in [0.1, 0.15) is 0 Å². The van der Waals surface area contributed by atoms with Gasteiger partial charge < -0.3 is 4.90 Å². The number of rotatable bonds is 2. The Morgan fingerprint density at radius 1 is 1.33 bits per heavy atom. The average molecular weight is 207 g/mol. The zero-order chi connectivity index (χ0) is 10.7. The second-order valence-electron chi connectivity index (χ2n) is 5.33. The largest absolute Gasteiger partial charge is 0.372 e. The zero-order valence-electron chi connectivity index (χ0n) is 10.3. The van der Waals surface area contributed by atoms with Gasteiger partial charge in [-0.15, -0.1) is 0 Å². The van der Waals surface area contributed by atoms with E-state index in [-0.39, 0.29) is 0 Å². The van der Waals surface area contributed by atoms with Crippen LogP contribution in [0.3, 0.4) is 0 Å². The smallest absolute Gasteiger partial charge is 0.0284 e. The first kappa shape index (κ1) is 11.0. The lowest BCUT2D eigenvalue weighted by molar-refractivity contribution is 0.177. The lowest BCUT2D eigenvalue weighted by Crippen LogP contribution is -2.39. The summed E-state index contributed by atoms with van der Waals surface area (Å²) in [7, 11) is 0. The van der Waals surface area contributed by atoms with Crippen molar-refractivity contribution in [2.75, 3.05) is 6.54 Å². The molecule has 0 saturated carbocycles. The molecule has 0 radical (unpaired) electrons. The molecule has 2 atom stereocenters. The molecule has 1 aliphatic heterocycles. The molecule has 15 heavy (non-hydrogen) atoms. The average Bonchev–Trinajstić information content (AvgIpc) is 2.30. The Morgan fingerprint density at radius 2 is 2.20 bits per heavy atom. The highest BCUT2D eigenvalue weighted by Crippen LogP contribution is 2.30. The fourth-order valence-corrected chi connectivity index (χ4v) is 3.02. The number of hydrogen-bond donors (Lipinski definition) is 0. The van der Waals surface area contributed by atoms with Crippen LogP contribution < -0.4 is 0 Å². The van der Waals surface area contributed by atoms with Gasteiger partial charge in [-0.05, 0) is 50.9 Å². The molecule has 0 aromatic rings. The van der Waals surface area contributed by atoms with Crippen LogP contribution in [0.1, 0.15) is 58.8 Å². The summed E-state index contributed by atoms with van der Waals surface area (Å²) in [4.78, 5) is 2.72. The first-order valence-corrected chi connectivity index (χ1v) is 6.77. The van der Waals surface area contributed by atoms with E-state index in [1.165, 1.54) is 51.5 Å². The summed E-state index contributed by atoms with van der Waals surface area (Å²) in [5.74, 6) is 0.915. The summed E-state index contributed by atoms with van der Waals surface area (Å²) in [6.45, 7) is 6.04. The quantitative estimate of drug-likeness (QED) is 0.662. The number of piperidine rings is 1. The molecule has 1 heteroatoms. The van der Waals surface area contributed by atoms with Gasteiger partial charge >= 0.3 is 0 Å². The van der Waals surface area contributed by atoms with E-state index in [4.69, 9.17) is 0 Å². The predicted octanol–water partition coefficient (Wildman–Crippen LogP) is 3.95. The van der Waals surface area contributed by atoms with Gasteiger partial charge in [-0.25, -0.2) is 0 Å². The predicted molar refractivity (Wildman–Crippen MR) is 65.7 cm³/mol. The minimum atomic E-state index is 0.846. The minimum Gasteiger partial charge on any atom is -0.372 e.